The minimum Gasteiger partial charge on any atom is -0.445 e. The van der Waals surface area contributed by atoms with Gasteiger partial charge in [0.05, 0.1) is 4.92 Å². The molecule has 30 heavy (non-hydrogen) atoms. The van der Waals surface area contributed by atoms with Gasteiger partial charge in [-0.3, -0.25) is 24.6 Å². The van der Waals surface area contributed by atoms with Crippen molar-refractivity contribution in [3.8, 4) is 0 Å². The summed E-state index contributed by atoms with van der Waals surface area (Å²) in [6, 6.07) is 5.08. The van der Waals surface area contributed by atoms with E-state index < -0.39 is 17.1 Å². The van der Waals surface area contributed by atoms with Crippen LogP contribution in [0.2, 0.25) is 0 Å². The van der Waals surface area contributed by atoms with Crippen molar-refractivity contribution in [2.75, 3.05) is 32.7 Å². The summed E-state index contributed by atoms with van der Waals surface area (Å²) in [5.41, 5.74) is 0.567. The quantitative estimate of drug-likeness (QED) is 0.432. The fourth-order valence-electron chi connectivity index (χ4n) is 3.64. The zero-order valence-electron chi connectivity index (χ0n) is 16.6. The lowest BCUT2D eigenvalue weighted by molar-refractivity contribution is -0.384. The number of nitrogens with zero attached hydrogens (tertiary/aromatic N) is 4. The van der Waals surface area contributed by atoms with Gasteiger partial charge in [-0.05, 0) is 24.1 Å². The maximum absolute atomic E-state index is 13.0. The summed E-state index contributed by atoms with van der Waals surface area (Å²) in [6.45, 7) is 3.55. The number of hydrogen-bond acceptors (Lipinski definition) is 7. The Hall–Kier alpha value is -2.82. The molecule has 2 fully saturated rings. The first-order valence-electron chi connectivity index (χ1n) is 9.65. The molecule has 3 amide bonds. The molecule has 11 heteroatoms. The second-order valence-electron chi connectivity index (χ2n) is 7.37. The second-order valence-corrected chi connectivity index (χ2v) is 8.10. The molecule has 10 nitrogen and oxygen atoms in total. The molecule has 2 heterocycles. The number of carbonyl (C=O) groups excluding carboxylic acids is 3. The second kappa shape index (κ2) is 9.33. The van der Waals surface area contributed by atoms with Crippen molar-refractivity contribution in [2.45, 2.75) is 31.2 Å². The normalized spacial score (nSPS) is 21.5. The number of likely N-dealkylation sites (tertiary alicyclic amines) is 1. The van der Waals surface area contributed by atoms with Crippen LogP contribution >= 0.6 is 12.6 Å². The monoisotopic (exact) mass is 436 g/mol. The lowest BCUT2D eigenvalue weighted by atomic mass is 10.1. The van der Waals surface area contributed by atoms with Crippen LogP contribution < -0.4 is 0 Å². The van der Waals surface area contributed by atoms with Gasteiger partial charge in [0, 0.05) is 57.0 Å². The Morgan fingerprint density at radius 3 is 2.30 bits per heavy atom. The SMILES string of the molecule is CC(=O)N1CCN(C(=O)C2CC(S)CN2C(=O)OCc2ccc([N+](=O)[O-])cc2)CC1. The van der Waals surface area contributed by atoms with Gasteiger partial charge >= 0.3 is 6.09 Å². The first kappa shape index (κ1) is 21.9. The highest BCUT2D eigenvalue weighted by Crippen LogP contribution is 2.25. The number of ether oxygens (including phenoxy) is 1. The molecule has 2 aliphatic heterocycles. The summed E-state index contributed by atoms with van der Waals surface area (Å²) in [7, 11) is 0. The number of nitro groups is 1. The highest BCUT2D eigenvalue weighted by molar-refractivity contribution is 7.81. The van der Waals surface area contributed by atoms with Crippen molar-refractivity contribution >= 4 is 36.2 Å². The molecular weight excluding hydrogens is 412 g/mol. The highest BCUT2D eigenvalue weighted by atomic mass is 32.1. The number of benzene rings is 1. The summed E-state index contributed by atoms with van der Waals surface area (Å²) >= 11 is 4.44. The van der Waals surface area contributed by atoms with Crippen LogP contribution in [0.5, 0.6) is 0 Å². The summed E-state index contributed by atoms with van der Waals surface area (Å²) in [4.78, 5) is 52.0. The van der Waals surface area contributed by atoms with Gasteiger partial charge in [-0.15, -0.1) is 0 Å². The molecule has 162 valence electrons. The maximum Gasteiger partial charge on any atom is 0.410 e. The highest BCUT2D eigenvalue weighted by Gasteiger charge is 2.41. The summed E-state index contributed by atoms with van der Waals surface area (Å²) in [6.07, 6.45) is -0.188. The Balaban J connectivity index is 1.58. The van der Waals surface area contributed by atoms with Gasteiger partial charge in [-0.1, -0.05) is 0 Å². The van der Waals surface area contributed by atoms with Gasteiger partial charge in [0.25, 0.3) is 5.69 Å². The number of carbonyl (C=O) groups is 3. The van der Waals surface area contributed by atoms with Gasteiger partial charge in [-0.2, -0.15) is 12.6 Å². The van der Waals surface area contributed by atoms with E-state index in [2.05, 4.69) is 12.6 Å². The Labute approximate surface area is 179 Å². The van der Waals surface area contributed by atoms with Crippen LogP contribution in [-0.2, 0) is 20.9 Å². The zero-order valence-corrected chi connectivity index (χ0v) is 17.5. The largest absolute Gasteiger partial charge is 0.445 e. The fourth-order valence-corrected chi connectivity index (χ4v) is 4.02. The van der Waals surface area contributed by atoms with Crippen LogP contribution in [0.15, 0.2) is 24.3 Å². The van der Waals surface area contributed by atoms with Crippen LogP contribution in [0.1, 0.15) is 18.9 Å². The molecule has 2 saturated heterocycles. The van der Waals surface area contributed by atoms with E-state index in [-0.39, 0.29) is 29.4 Å². The molecule has 0 bridgehead atoms. The minimum atomic E-state index is -0.652. The molecule has 2 aliphatic rings. The maximum atomic E-state index is 13.0. The van der Waals surface area contributed by atoms with Crippen molar-refractivity contribution in [3.63, 3.8) is 0 Å². The molecule has 2 atom stereocenters. The third-order valence-corrected chi connectivity index (χ3v) is 5.72. The summed E-state index contributed by atoms with van der Waals surface area (Å²) in [5.74, 6) is -0.183. The minimum absolute atomic E-state index is 0.0187. The van der Waals surface area contributed by atoms with E-state index in [1.807, 2.05) is 0 Å². The van der Waals surface area contributed by atoms with E-state index in [1.165, 1.54) is 36.1 Å². The van der Waals surface area contributed by atoms with Crippen LogP contribution in [0.25, 0.3) is 0 Å². The molecule has 2 unspecified atom stereocenters. The van der Waals surface area contributed by atoms with Crippen molar-refractivity contribution in [1.29, 1.82) is 0 Å². The average molecular weight is 436 g/mol. The number of amides is 3. The number of rotatable bonds is 4. The van der Waals surface area contributed by atoms with Crippen LogP contribution in [0.4, 0.5) is 10.5 Å². The summed E-state index contributed by atoms with van der Waals surface area (Å²) < 4.78 is 5.34. The first-order chi connectivity index (χ1) is 14.3. The third-order valence-electron chi connectivity index (χ3n) is 5.34. The molecule has 0 aliphatic carbocycles. The lowest BCUT2D eigenvalue weighted by Gasteiger charge is -2.36. The van der Waals surface area contributed by atoms with Crippen molar-refractivity contribution < 1.29 is 24.0 Å². The number of non-ortho nitro benzene ring substituents is 1. The molecule has 0 aromatic heterocycles. The molecule has 1 aromatic carbocycles. The Bertz CT molecular complexity index is 825. The lowest BCUT2D eigenvalue weighted by Crippen LogP contribution is -2.55. The Kier molecular flexibility index (Phi) is 6.80. The number of piperazine rings is 1. The molecule has 1 aromatic rings. The fraction of sp³-hybridized carbons (Fsp3) is 0.526. The molecule has 0 spiro atoms. The van der Waals surface area contributed by atoms with Gasteiger partial charge in [-0.25, -0.2) is 4.79 Å². The van der Waals surface area contributed by atoms with Crippen LogP contribution in [0.3, 0.4) is 0 Å². The van der Waals surface area contributed by atoms with E-state index in [1.54, 1.807) is 9.80 Å². The number of thiol groups is 1. The first-order valence-corrected chi connectivity index (χ1v) is 10.2. The predicted molar refractivity (Wildman–Crippen MR) is 110 cm³/mol. The smallest absolute Gasteiger partial charge is 0.410 e. The Morgan fingerprint density at radius 2 is 1.73 bits per heavy atom. The molecule has 0 radical (unpaired) electrons. The van der Waals surface area contributed by atoms with Gasteiger partial charge in [0.15, 0.2) is 0 Å². The van der Waals surface area contributed by atoms with Crippen molar-refractivity contribution in [3.05, 3.63) is 39.9 Å². The molecule has 0 saturated carbocycles. The average Bonchev–Trinajstić information content (AvgIpc) is 3.13. The molecule has 3 rings (SSSR count). The predicted octanol–water partition coefficient (Wildman–Crippen LogP) is 1.29. The topological polar surface area (TPSA) is 113 Å². The van der Waals surface area contributed by atoms with E-state index in [0.717, 1.165) is 0 Å². The van der Waals surface area contributed by atoms with Gasteiger partial charge in [0.2, 0.25) is 11.8 Å². The van der Waals surface area contributed by atoms with Gasteiger partial charge < -0.3 is 14.5 Å². The van der Waals surface area contributed by atoms with Crippen molar-refractivity contribution in [1.82, 2.24) is 14.7 Å². The molecule has 0 N–H and O–H groups in total. The number of nitro benzene ring substituents is 1. The third kappa shape index (κ3) is 5.02. The van der Waals surface area contributed by atoms with Crippen LogP contribution in [0, 0.1) is 10.1 Å². The van der Waals surface area contributed by atoms with E-state index in [9.17, 15) is 24.5 Å². The van der Waals surface area contributed by atoms with E-state index >= 15 is 0 Å². The van der Waals surface area contributed by atoms with Gasteiger partial charge in [0.1, 0.15) is 12.6 Å². The number of hydrogen-bond donors (Lipinski definition) is 1. The van der Waals surface area contributed by atoms with Crippen molar-refractivity contribution in [2.24, 2.45) is 0 Å². The molecular formula is C19H24N4O6S. The Morgan fingerprint density at radius 1 is 1.13 bits per heavy atom. The van der Waals surface area contributed by atoms with E-state index in [0.29, 0.717) is 44.7 Å². The van der Waals surface area contributed by atoms with Crippen LogP contribution in [-0.4, -0.2) is 81.5 Å². The van der Waals surface area contributed by atoms with E-state index in [4.69, 9.17) is 4.74 Å². The standard InChI is InChI=1S/C19H24N4O6S/c1-13(24)20-6-8-21(9-7-20)18(25)17-10-16(30)11-22(17)19(26)29-12-14-2-4-15(5-3-14)23(27)28/h2-5,16-17,30H,6-12H2,1H3. The zero-order chi connectivity index (χ0) is 21.8. The summed E-state index contributed by atoms with van der Waals surface area (Å²) in [5, 5.41) is 10.6.